The monoisotopic (exact) mass is 530 g/mol. The van der Waals surface area contributed by atoms with Crippen molar-refractivity contribution in [1.29, 1.82) is 0 Å². The normalized spacial score (nSPS) is 15.5. The SMILES string of the molecule is CSC(SC)=C1Sc2c(SC)c3c(c(SC)c2S1)SC(=C(SC)SC)S3. The Morgan fingerprint density at radius 2 is 0.769 bits per heavy atom. The summed E-state index contributed by atoms with van der Waals surface area (Å²) in [4.78, 5) is 8.85. The number of rotatable bonds is 6. The summed E-state index contributed by atoms with van der Waals surface area (Å²) in [6.07, 6.45) is 13.2. The van der Waals surface area contributed by atoms with E-state index in [1.165, 1.54) is 46.3 Å². The average molecular weight is 531 g/mol. The molecular formula is C16H18S10. The molecule has 0 aliphatic carbocycles. The maximum absolute atomic E-state index is 2.22. The minimum atomic E-state index is 1.43. The fourth-order valence-corrected chi connectivity index (χ4v) is 14.9. The average Bonchev–Trinajstić information content (AvgIpc) is 3.26. The second-order valence-electron chi connectivity index (χ2n) is 4.76. The topological polar surface area (TPSA) is 0 Å². The first kappa shape index (κ1) is 22.9. The molecule has 26 heavy (non-hydrogen) atoms. The van der Waals surface area contributed by atoms with Gasteiger partial charge in [-0.15, -0.1) is 70.6 Å². The Morgan fingerprint density at radius 1 is 0.500 bits per heavy atom. The molecular weight excluding hydrogens is 513 g/mol. The number of hydrogen-bond donors (Lipinski definition) is 0. The summed E-state index contributed by atoms with van der Waals surface area (Å²) in [6.45, 7) is 0. The fraction of sp³-hybridized carbons (Fsp3) is 0.375. The maximum Gasteiger partial charge on any atom is 0.0700 e. The number of hydrogen-bond acceptors (Lipinski definition) is 10. The molecule has 0 unspecified atom stereocenters. The summed E-state index contributed by atoms with van der Waals surface area (Å²) in [5, 5.41) is 0. The summed E-state index contributed by atoms with van der Waals surface area (Å²) >= 11 is 19.2. The van der Waals surface area contributed by atoms with Gasteiger partial charge in [0.05, 0.1) is 16.9 Å². The molecule has 0 saturated carbocycles. The number of benzene rings is 1. The molecule has 142 valence electrons. The van der Waals surface area contributed by atoms with Crippen molar-refractivity contribution in [2.45, 2.75) is 29.4 Å². The van der Waals surface area contributed by atoms with Crippen molar-refractivity contribution in [2.24, 2.45) is 0 Å². The molecule has 0 atom stereocenters. The zero-order valence-corrected chi connectivity index (χ0v) is 23.2. The Morgan fingerprint density at radius 3 is 0.962 bits per heavy atom. The molecule has 0 saturated heterocycles. The highest BCUT2D eigenvalue weighted by atomic mass is 32.2. The Bertz CT molecular complexity index is 662. The summed E-state index contributed by atoms with van der Waals surface area (Å²) in [7, 11) is 0. The van der Waals surface area contributed by atoms with Gasteiger partial charge in [-0.2, -0.15) is 0 Å². The quantitative estimate of drug-likeness (QED) is 0.325. The molecule has 1 aromatic carbocycles. The number of fused-ring (bicyclic) bond motifs is 2. The maximum atomic E-state index is 2.22. The van der Waals surface area contributed by atoms with E-state index in [2.05, 4.69) is 37.5 Å². The van der Waals surface area contributed by atoms with E-state index >= 15 is 0 Å². The van der Waals surface area contributed by atoms with Crippen LogP contribution in [0.3, 0.4) is 0 Å². The lowest BCUT2D eigenvalue weighted by Crippen LogP contribution is -1.88. The minimum absolute atomic E-state index is 1.43. The highest BCUT2D eigenvalue weighted by Crippen LogP contribution is 2.67. The van der Waals surface area contributed by atoms with Crippen LogP contribution >= 0.6 is 118 Å². The van der Waals surface area contributed by atoms with E-state index in [0.29, 0.717) is 0 Å². The van der Waals surface area contributed by atoms with Crippen LogP contribution in [0, 0.1) is 0 Å². The van der Waals surface area contributed by atoms with Crippen LogP contribution in [0.4, 0.5) is 0 Å². The second-order valence-corrected chi connectivity index (χ2v) is 14.8. The first-order chi connectivity index (χ1) is 12.6. The Hall–Kier alpha value is 2.20. The van der Waals surface area contributed by atoms with Gasteiger partial charge in [-0.3, -0.25) is 0 Å². The van der Waals surface area contributed by atoms with E-state index in [-0.39, 0.29) is 0 Å². The Balaban J connectivity index is 2.16. The van der Waals surface area contributed by atoms with Crippen molar-refractivity contribution in [1.82, 2.24) is 0 Å². The molecule has 0 fully saturated rings. The first-order valence-electron chi connectivity index (χ1n) is 7.31. The van der Waals surface area contributed by atoms with Crippen molar-refractivity contribution in [3.05, 3.63) is 16.9 Å². The highest BCUT2D eigenvalue weighted by molar-refractivity contribution is 8.30. The van der Waals surface area contributed by atoms with Gasteiger partial charge >= 0.3 is 0 Å². The van der Waals surface area contributed by atoms with Gasteiger partial charge in [0, 0.05) is 29.4 Å². The van der Waals surface area contributed by atoms with Crippen LogP contribution in [-0.4, -0.2) is 37.5 Å². The molecule has 0 radical (unpaired) electrons. The molecule has 0 amide bonds. The van der Waals surface area contributed by atoms with E-state index in [4.69, 9.17) is 0 Å². The molecule has 0 bridgehead atoms. The lowest BCUT2D eigenvalue weighted by molar-refractivity contribution is 0.888. The predicted molar refractivity (Wildman–Crippen MR) is 142 cm³/mol. The van der Waals surface area contributed by atoms with E-state index in [1.807, 2.05) is 118 Å². The Kier molecular flexibility index (Phi) is 9.22. The van der Waals surface area contributed by atoms with Gasteiger partial charge in [0.2, 0.25) is 0 Å². The summed E-state index contributed by atoms with van der Waals surface area (Å²) < 4.78 is 5.77. The lowest BCUT2D eigenvalue weighted by atomic mass is 10.3. The largest absolute Gasteiger partial charge is 0.127 e. The van der Waals surface area contributed by atoms with E-state index < -0.39 is 0 Å². The van der Waals surface area contributed by atoms with Gasteiger partial charge in [0.15, 0.2) is 0 Å². The number of thioether (sulfide) groups is 10. The van der Waals surface area contributed by atoms with Crippen LogP contribution < -0.4 is 0 Å². The molecule has 3 rings (SSSR count). The molecule has 2 aliphatic rings. The first-order valence-corrected chi connectivity index (χ1v) is 17.9. The lowest BCUT2D eigenvalue weighted by Gasteiger charge is -2.13. The van der Waals surface area contributed by atoms with Crippen molar-refractivity contribution in [3.8, 4) is 0 Å². The Labute approximate surface area is 199 Å². The van der Waals surface area contributed by atoms with E-state index in [0.717, 1.165) is 0 Å². The van der Waals surface area contributed by atoms with Crippen LogP contribution in [0.25, 0.3) is 0 Å². The van der Waals surface area contributed by atoms with Gasteiger partial charge in [0.25, 0.3) is 0 Å². The molecule has 1 aromatic rings. The summed E-state index contributed by atoms with van der Waals surface area (Å²) in [6, 6.07) is 0. The zero-order chi connectivity index (χ0) is 18.8. The fourth-order valence-electron chi connectivity index (χ4n) is 2.44. The highest BCUT2D eigenvalue weighted by Gasteiger charge is 2.35. The summed E-state index contributed by atoms with van der Waals surface area (Å²) in [5.74, 6) is 0. The van der Waals surface area contributed by atoms with Crippen LogP contribution in [0.1, 0.15) is 0 Å². The van der Waals surface area contributed by atoms with Crippen molar-refractivity contribution >= 4 is 118 Å². The van der Waals surface area contributed by atoms with Crippen LogP contribution in [0.15, 0.2) is 46.3 Å². The molecule has 0 nitrogen and oxygen atoms in total. The van der Waals surface area contributed by atoms with Crippen LogP contribution in [0.5, 0.6) is 0 Å². The van der Waals surface area contributed by atoms with Crippen molar-refractivity contribution < 1.29 is 0 Å². The summed E-state index contributed by atoms with van der Waals surface area (Å²) in [5.41, 5.74) is 0. The molecule has 2 aliphatic heterocycles. The molecule has 0 N–H and O–H groups in total. The molecule has 0 spiro atoms. The minimum Gasteiger partial charge on any atom is -0.127 e. The van der Waals surface area contributed by atoms with Crippen LogP contribution in [0.2, 0.25) is 0 Å². The van der Waals surface area contributed by atoms with Crippen molar-refractivity contribution in [3.63, 3.8) is 0 Å². The van der Waals surface area contributed by atoms with Gasteiger partial charge in [-0.25, -0.2) is 0 Å². The van der Waals surface area contributed by atoms with E-state index in [1.54, 1.807) is 0 Å². The van der Waals surface area contributed by atoms with Gasteiger partial charge in [0.1, 0.15) is 0 Å². The second kappa shape index (κ2) is 10.5. The van der Waals surface area contributed by atoms with Gasteiger partial charge in [-0.1, -0.05) is 47.0 Å². The molecule has 2 heterocycles. The third-order valence-corrected chi connectivity index (χ3v) is 16.2. The third kappa shape index (κ3) is 4.30. The molecule has 10 heteroatoms. The predicted octanol–water partition coefficient (Wildman–Crippen LogP) is 9.23. The third-order valence-electron chi connectivity index (χ3n) is 3.50. The van der Waals surface area contributed by atoms with Gasteiger partial charge in [-0.05, 0) is 37.5 Å². The van der Waals surface area contributed by atoms with Crippen molar-refractivity contribution in [2.75, 3.05) is 37.5 Å². The van der Waals surface area contributed by atoms with E-state index in [9.17, 15) is 0 Å². The molecule has 0 aromatic heterocycles. The van der Waals surface area contributed by atoms with Gasteiger partial charge < -0.3 is 0 Å². The smallest absolute Gasteiger partial charge is 0.0700 e. The van der Waals surface area contributed by atoms with Crippen LogP contribution in [-0.2, 0) is 0 Å². The standard InChI is InChI=1S/C16H18S10/c1-17-7-9-11(25-15(23-9)13(19-3)20-4)8(18-2)12-10(7)24-16(26-12)14(21-5)22-6/h1-6H3. The zero-order valence-electron chi connectivity index (χ0n) is 15.1.